The predicted molar refractivity (Wildman–Crippen MR) is 71.6 cm³/mol. The topological polar surface area (TPSA) is 73.6 Å². The fourth-order valence-corrected chi connectivity index (χ4v) is 1.53. The van der Waals surface area contributed by atoms with E-state index in [1.807, 2.05) is 0 Å². The van der Waals surface area contributed by atoms with E-state index in [0.717, 1.165) is 12.8 Å². The number of carbonyl (C=O) groups is 1. The summed E-state index contributed by atoms with van der Waals surface area (Å²) in [5, 5.41) is 2.77. The normalized spacial score (nSPS) is 15.3. The molecule has 1 aromatic rings. The minimum Gasteiger partial charge on any atom is -0.493 e. The molecule has 1 saturated carbocycles. The molecule has 6 heteroatoms. The molecule has 0 atom stereocenters. The Kier molecular flexibility index (Phi) is 4.43. The number of amides is 1. The highest BCUT2D eigenvalue weighted by atomic mass is 35.5. The molecule has 0 spiro atoms. The van der Waals surface area contributed by atoms with E-state index in [1.165, 1.54) is 0 Å². The Bertz CT molecular complexity index is 447. The van der Waals surface area contributed by atoms with Crippen LogP contribution >= 0.6 is 12.4 Å². The van der Waals surface area contributed by atoms with Gasteiger partial charge in [-0.2, -0.15) is 0 Å². The van der Waals surface area contributed by atoms with Gasteiger partial charge in [-0.1, -0.05) is 0 Å². The van der Waals surface area contributed by atoms with Gasteiger partial charge in [-0.3, -0.25) is 4.79 Å². The summed E-state index contributed by atoms with van der Waals surface area (Å²) in [6.07, 6.45) is 1.48. The molecule has 0 heterocycles. The van der Waals surface area contributed by atoms with Crippen molar-refractivity contribution >= 4 is 24.0 Å². The molecule has 100 valence electrons. The summed E-state index contributed by atoms with van der Waals surface area (Å²) in [6, 6.07) is 5.21. The summed E-state index contributed by atoms with van der Waals surface area (Å²) in [6.45, 7) is 0. The highest BCUT2D eigenvalue weighted by Crippen LogP contribution is 2.34. The van der Waals surface area contributed by atoms with Gasteiger partial charge in [-0.05, 0) is 25.0 Å². The van der Waals surface area contributed by atoms with Crippen LogP contribution in [0.1, 0.15) is 12.8 Å². The molecule has 0 aliphatic heterocycles. The number of ether oxygens (including phenoxy) is 2. The number of rotatable bonds is 4. The lowest BCUT2D eigenvalue weighted by molar-refractivity contribution is -0.118. The SMILES string of the molecule is COc1ccc(NC(=O)C2(N)CC2)cc1OC.Cl. The molecule has 18 heavy (non-hydrogen) atoms. The van der Waals surface area contributed by atoms with Crippen LogP contribution in [0.2, 0.25) is 0 Å². The monoisotopic (exact) mass is 272 g/mol. The number of carbonyl (C=O) groups excluding carboxylic acids is 1. The van der Waals surface area contributed by atoms with E-state index in [2.05, 4.69) is 5.32 Å². The molecule has 0 aromatic heterocycles. The number of halogens is 1. The molecule has 0 radical (unpaired) electrons. The zero-order valence-corrected chi connectivity index (χ0v) is 11.2. The van der Waals surface area contributed by atoms with Gasteiger partial charge in [0.1, 0.15) is 0 Å². The van der Waals surface area contributed by atoms with Crippen molar-refractivity contribution in [3.63, 3.8) is 0 Å². The minimum absolute atomic E-state index is 0. The number of hydrogen-bond donors (Lipinski definition) is 2. The molecule has 0 unspecified atom stereocenters. The Morgan fingerprint density at radius 3 is 2.39 bits per heavy atom. The van der Waals surface area contributed by atoms with Crippen molar-refractivity contribution in [3.05, 3.63) is 18.2 Å². The molecule has 1 fully saturated rings. The van der Waals surface area contributed by atoms with Crippen molar-refractivity contribution in [3.8, 4) is 11.5 Å². The van der Waals surface area contributed by atoms with Crippen molar-refractivity contribution in [1.29, 1.82) is 0 Å². The van der Waals surface area contributed by atoms with E-state index in [0.29, 0.717) is 17.2 Å². The van der Waals surface area contributed by atoms with Gasteiger partial charge in [0, 0.05) is 11.8 Å². The fourth-order valence-electron chi connectivity index (χ4n) is 1.53. The standard InChI is InChI=1S/C12H16N2O3.ClH/c1-16-9-4-3-8(7-10(9)17-2)14-11(15)12(13)5-6-12;/h3-4,7H,5-6,13H2,1-2H3,(H,14,15);1H. The van der Waals surface area contributed by atoms with Crippen molar-refractivity contribution in [2.75, 3.05) is 19.5 Å². The van der Waals surface area contributed by atoms with Crippen LogP contribution in [0.15, 0.2) is 18.2 Å². The first-order chi connectivity index (χ1) is 8.09. The summed E-state index contributed by atoms with van der Waals surface area (Å²) < 4.78 is 10.3. The van der Waals surface area contributed by atoms with Crippen LogP contribution in [0.4, 0.5) is 5.69 Å². The Morgan fingerprint density at radius 1 is 1.28 bits per heavy atom. The summed E-state index contributed by atoms with van der Waals surface area (Å²) in [7, 11) is 3.12. The van der Waals surface area contributed by atoms with E-state index in [1.54, 1.807) is 32.4 Å². The van der Waals surface area contributed by atoms with Gasteiger partial charge in [0.25, 0.3) is 0 Å². The number of anilines is 1. The van der Waals surface area contributed by atoms with Gasteiger partial charge in [0.2, 0.25) is 5.91 Å². The number of nitrogens with two attached hydrogens (primary N) is 1. The molecule has 1 aromatic carbocycles. The molecule has 0 bridgehead atoms. The van der Waals surface area contributed by atoms with Crippen LogP contribution in [0.25, 0.3) is 0 Å². The van der Waals surface area contributed by atoms with E-state index in [4.69, 9.17) is 15.2 Å². The average Bonchev–Trinajstić information content (AvgIpc) is 3.08. The van der Waals surface area contributed by atoms with E-state index < -0.39 is 5.54 Å². The number of benzene rings is 1. The van der Waals surface area contributed by atoms with Crippen molar-refractivity contribution in [2.45, 2.75) is 18.4 Å². The van der Waals surface area contributed by atoms with Crippen LogP contribution in [0.5, 0.6) is 11.5 Å². The predicted octanol–water partition coefficient (Wildman–Crippen LogP) is 1.56. The fraction of sp³-hybridized carbons (Fsp3) is 0.417. The van der Waals surface area contributed by atoms with E-state index in [-0.39, 0.29) is 18.3 Å². The smallest absolute Gasteiger partial charge is 0.244 e. The molecule has 2 rings (SSSR count). The average molecular weight is 273 g/mol. The quantitative estimate of drug-likeness (QED) is 0.872. The molecule has 3 N–H and O–H groups in total. The maximum atomic E-state index is 11.7. The van der Waals surface area contributed by atoms with Crippen LogP contribution in [0, 0.1) is 0 Å². The van der Waals surface area contributed by atoms with Gasteiger partial charge in [0.05, 0.1) is 19.8 Å². The van der Waals surface area contributed by atoms with Crippen molar-refractivity contribution in [1.82, 2.24) is 0 Å². The third kappa shape index (κ3) is 2.86. The summed E-state index contributed by atoms with van der Waals surface area (Å²) in [4.78, 5) is 11.7. The number of nitrogens with one attached hydrogen (secondary N) is 1. The summed E-state index contributed by atoms with van der Waals surface area (Å²) in [5.74, 6) is 1.05. The Labute approximate surface area is 112 Å². The Hall–Kier alpha value is -1.46. The maximum Gasteiger partial charge on any atom is 0.244 e. The molecule has 0 saturated heterocycles. The Balaban J connectivity index is 0.00000162. The van der Waals surface area contributed by atoms with E-state index in [9.17, 15) is 4.79 Å². The van der Waals surface area contributed by atoms with Crippen LogP contribution in [-0.4, -0.2) is 25.7 Å². The third-order valence-corrected chi connectivity index (χ3v) is 2.88. The molecule has 5 nitrogen and oxygen atoms in total. The van der Waals surface area contributed by atoms with Crippen LogP contribution in [-0.2, 0) is 4.79 Å². The second-order valence-corrected chi connectivity index (χ2v) is 4.18. The lowest BCUT2D eigenvalue weighted by Crippen LogP contribution is -2.37. The van der Waals surface area contributed by atoms with Gasteiger partial charge >= 0.3 is 0 Å². The zero-order valence-electron chi connectivity index (χ0n) is 10.4. The molecular formula is C12H17ClN2O3. The molecule has 1 aliphatic carbocycles. The maximum absolute atomic E-state index is 11.7. The van der Waals surface area contributed by atoms with Crippen LogP contribution in [0.3, 0.4) is 0 Å². The zero-order chi connectivity index (χ0) is 12.5. The van der Waals surface area contributed by atoms with E-state index >= 15 is 0 Å². The minimum atomic E-state index is -0.673. The lowest BCUT2D eigenvalue weighted by atomic mass is 10.2. The number of hydrogen-bond acceptors (Lipinski definition) is 4. The summed E-state index contributed by atoms with van der Waals surface area (Å²) >= 11 is 0. The Morgan fingerprint density at radius 2 is 1.89 bits per heavy atom. The van der Waals surface area contributed by atoms with Gasteiger partial charge in [0.15, 0.2) is 11.5 Å². The first-order valence-electron chi connectivity index (χ1n) is 5.41. The lowest BCUT2D eigenvalue weighted by Gasteiger charge is -2.12. The van der Waals surface area contributed by atoms with Gasteiger partial charge < -0.3 is 20.5 Å². The van der Waals surface area contributed by atoms with Gasteiger partial charge in [-0.25, -0.2) is 0 Å². The van der Waals surface area contributed by atoms with Crippen molar-refractivity contribution < 1.29 is 14.3 Å². The third-order valence-electron chi connectivity index (χ3n) is 2.88. The molecular weight excluding hydrogens is 256 g/mol. The summed E-state index contributed by atoms with van der Waals surface area (Å²) in [5.41, 5.74) is 5.78. The first kappa shape index (κ1) is 14.6. The molecule has 1 aliphatic rings. The highest BCUT2D eigenvalue weighted by molar-refractivity contribution is 6.00. The first-order valence-corrected chi connectivity index (χ1v) is 5.41. The highest BCUT2D eigenvalue weighted by Gasteiger charge is 2.45. The van der Waals surface area contributed by atoms with Crippen molar-refractivity contribution in [2.24, 2.45) is 5.73 Å². The van der Waals surface area contributed by atoms with Gasteiger partial charge in [-0.15, -0.1) is 12.4 Å². The second kappa shape index (κ2) is 5.46. The largest absolute Gasteiger partial charge is 0.493 e. The molecule has 1 amide bonds. The van der Waals surface area contributed by atoms with Crippen LogP contribution < -0.4 is 20.5 Å². The number of methoxy groups -OCH3 is 2. The second-order valence-electron chi connectivity index (χ2n) is 4.18.